The molecule has 6 rings (SSSR count). The van der Waals surface area contributed by atoms with Crippen molar-refractivity contribution in [2.24, 2.45) is 0 Å². The Kier molecular flexibility index (Phi) is 7.83. The normalized spacial score (nSPS) is 30.0. The fraction of sp³-hybridized carbons (Fsp3) is 0.478. The zero-order valence-corrected chi connectivity index (χ0v) is 23.6. The SMILES string of the molecule is CC#CC[C@H]1O[C@@H](n2cnc3c(N)ncnc32)C(O)C1OP(=O)(O)OC[C@H]1O[C@@H](n2cnc3c(=O)[nH]c(N)nc32)C(O)C1O. The van der Waals surface area contributed by atoms with Gasteiger partial charge in [-0.25, -0.2) is 24.5 Å². The molecule has 2 aliphatic heterocycles. The molecule has 20 nitrogen and oxygen atoms in total. The number of ether oxygens (including phenoxy) is 2. The lowest BCUT2D eigenvalue weighted by Crippen LogP contribution is -2.35. The van der Waals surface area contributed by atoms with Crippen LogP contribution in [0.1, 0.15) is 25.8 Å². The maximum Gasteiger partial charge on any atom is 0.472 e. The van der Waals surface area contributed by atoms with E-state index in [1.807, 2.05) is 0 Å². The highest BCUT2D eigenvalue weighted by Crippen LogP contribution is 2.49. The van der Waals surface area contributed by atoms with Gasteiger partial charge in [-0.05, 0) is 6.92 Å². The van der Waals surface area contributed by atoms with Crippen LogP contribution in [0.5, 0.6) is 0 Å². The van der Waals surface area contributed by atoms with Crippen molar-refractivity contribution >= 4 is 41.9 Å². The van der Waals surface area contributed by atoms with Gasteiger partial charge in [-0.1, -0.05) is 0 Å². The Morgan fingerprint density at radius 2 is 1.68 bits per heavy atom. The number of nitrogen functional groups attached to an aromatic ring is 2. The number of nitrogens with zero attached hydrogens (tertiary/aromatic N) is 7. The number of aromatic amines is 1. The van der Waals surface area contributed by atoms with Crippen molar-refractivity contribution in [3.05, 3.63) is 29.3 Å². The molecule has 9 atom stereocenters. The number of phosphoric acid groups is 1. The molecule has 0 spiro atoms. The lowest BCUT2D eigenvalue weighted by atomic mass is 10.1. The first kappa shape index (κ1) is 30.0. The van der Waals surface area contributed by atoms with Crippen LogP contribution in [-0.2, 0) is 23.1 Å². The van der Waals surface area contributed by atoms with Crippen molar-refractivity contribution in [1.29, 1.82) is 0 Å². The second-order valence-electron chi connectivity index (χ2n) is 9.93. The molecule has 0 radical (unpaired) electrons. The third-order valence-corrected chi connectivity index (χ3v) is 8.15. The molecule has 2 saturated heterocycles. The van der Waals surface area contributed by atoms with E-state index in [9.17, 15) is 29.6 Å². The Morgan fingerprint density at radius 1 is 1.00 bits per heavy atom. The van der Waals surface area contributed by atoms with Gasteiger partial charge in [0.15, 0.2) is 35.1 Å². The maximum atomic E-state index is 13.1. The standard InChI is InChI=1S/C23H27N10O10P/c1-2-3-4-9-16(15(36)22(41-9)32-7-28-11-17(24)26-6-27-18(11)32)43-44(38,39)40-5-10-13(34)14(35)21(42-10)33-8-29-12-19(33)30-23(25)31-20(12)37/h6-10,13-16,21-22,34-36H,4-5H2,1H3,(H,38,39)(H2,24,26,27)(H3,25,30,31,37)/t9-,10-,13?,14?,15?,16?,21-,22-/m1/s1. The summed E-state index contributed by atoms with van der Waals surface area (Å²) in [5.41, 5.74) is 11.2. The molecule has 0 aromatic carbocycles. The Labute approximate surface area is 246 Å². The van der Waals surface area contributed by atoms with Gasteiger partial charge in [0.25, 0.3) is 5.56 Å². The minimum Gasteiger partial charge on any atom is -0.387 e. The average molecular weight is 635 g/mol. The third kappa shape index (κ3) is 5.30. The van der Waals surface area contributed by atoms with Crippen molar-refractivity contribution in [3.8, 4) is 11.8 Å². The number of anilines is 2. The van der Waals surface area contributed by atoms with Crippen LogP contribution in [-0.4, -0.2) is 102 Å². The number of aliphatic hydroxyl groups excluding tert-OH is 3. The first-order chi connectivity index (χ1) is 21.0. The van der Waals surface area contributed by atoms with Crippen LogP contribution < -0.4 is 17.0 Å². The largest absolute Gasteiger partial charge is 0.472 e. The van der Waals surface area contributed by atoms with E-state index in [1.165, 1.54) is 21.8 Å². The first-order valence-corrected chi connectivity index (χ1v) is 14.5. The molecule has 0 amide bonds. The first-order valence-electron chi connectivity index (χ1n) is 13.0. The van der Waals surface area contributed by atoms with Gasteiger partial charge in [0.2, 0.25) is 5.95 Å². The molecule has 0 saturated carbocycles. The van der Waals surface area contributed by atoms with E-state index in [0.29, 0.717) is 0 Å². The minimum atomic E-state index is -4.96. The predicted octanol–water partition coefficient (Wildman–Crippen LogP) is -2.08. The Bertz CT molecular complexity index is 1870. The number of imidazole rings is 2. The van der Waals surface area contributed by atoms with Crippen LogP contribution in [0.3, 0.4) is 0 Å². The molecule has 4 aromatic heterocycles. The molecule has 0 aliphatic carbocycles. The fourth-order valence-corrected chi connectivity index (χ4v) is 6.04. The molecular weight excluding hydrogens is 607 g/mol. The summed E-state index contributed by atoms with van der Waals surface area (Å²) in [7, 11) is -4.96. The lowest BCUT2D eigenvalue weighted by molar-refractivity contribution is -0.0554. The zero-order valence-electron chi connectivity index (χ0n) is 22.7. The highest BCUT2D eigenvalue weighted by molar-refractivity contribution is 7.47. The summed E-state index contributed by atoms with van der Waals surface area (Å²) >= 11 is 0. The smallest absolute Gasteiger partial charge is 0.387 e. The predicted molar refractivity (Wildman–Crippen MR) is 147 cm³/mol. The molecule has 21 heteroatoms. The van der Waals surface area contributed by atoms with Gasteiger partial charge in [-0.15, -0.1) is 11.8 Å². The number of phosphoric ester groups is 1. The fourth-order valence-electron chi connectivity index (χ4n) is 5.08. The lowest BCUT2D eigenvalue weighted by Gasteiger charge is -2.23. The maximum absolute atomic E-state index is 13.1. The van der Waals surface area contributed by atoms with Gasteiger partial charge in [0.1, 0.15) is 48.5 Å². The number of H-pyrrole nitrogens is 1. The number of nitrogens with one attached hydrogen (secondary N) is 1. The molecule has 4 aromatic rings. The number of aliphatic hydroxyl groups is 3. The summed E-state index contributed by atoms with van der Waals surface area (Å²) in [4.78, 5) is 45.1. The molecule has 2 aliphatic rings. The van der Waals surface area contributed by atoms with Crippen molar-refractivity contribution in [2.75, 3.05) is 18.1 Å². The number of rotatable bonds is 8. The van der Waals surface area contributed by atoms with E-state index < -0.39 is 69.1 Å². The molecule has 6 heterocycles. The van der Waals surface area contributed by atoms with Crippen LogP contribution in [0.15, 0.2) is 23.8 Å². The third-order valence-electron chi connectivity index (χ3n) is 7.17. The molecule has 9 N–H and O–H groups in total. The summed E-state index contributed by atoms with van der Waals surface area (Å²) in [5, 5.41) is 32.4. The van der Waals surface area contributed by atoms with Crippen LogP contribution in [0.2, 0.25) is 0 Å². The second-order valence-corrected chi connectivity index (χ2v) is 11.3. The summed E-state index contributed by atoms with van der Waals surface area (Å²) in [5.74, 6) is 5.38. The van der Waals surface area contributed by atoms with Crippen molar-refractivity contribution in [3.63, 3.8) is 0 Å². The van der Waals surface area contributed by atoms with Gasteiger partial charge in [0, 0.05) is 6.42 Å². The van der Waals surface area contributed by atoms with Crippen LogP contribution >= 0.6 is 7.82 Å². The number of nitrogens with two attached hydrogens (primary N) is 2. The van der Waals surface area contributed by atoms with E-state index in [1.54, 1.807) is 6.92 Å². The minimum absolute atomic E-state index is 0.0222. The topological polar surface area (TPSA) is 294 Å². The van der Waals surface area contributed by atoms with E-state index in [4.69, 9.17) is 30.0 Å². The molecule has 234 valence electrons. The molecule has 2 fully saturated rings. The van der Waals surface area contributed by atoms with Gasteiger partial charge in [-0.3, -0.25) is 28.0 Å². The summed E-state index contributed by atoms with van der Waals surface area (Å²) in [6.45, 7) is 0.867. The van der Waals surface area contributed by atoms with Crippen LogP contribution in [0.4, 0.5) is 11.8 Å². The Hall–Kier alpha value is -4.03. The van der Waals surface area contributed by atoms with Crippen molar-refractivity contribution in [1.82, 2.24) is 39.0 Å². The molecule has 44 heavy (non-hydrogen) atoms. The number of hydrogen-bond donors (Lipinski definition) is 7. The van der Waals surface area contributed by atoms with E-state index in [2.05, 4.69) is 41.7 Å². The number of aromatic nitrogens is 8. The Balaban J connectivity index is 1.17. The van der Waals surface area contributed by atoms with E-state index >= 15 is 0 Å². The zero-order chi connectivity index (χ0) is 31.3. The Morgan fingerprint density at radius 3 is 2.43 bits per heavy atom. The highest BCUT2D eigenvalue weighted by atomic mass is 31.2. The summed E-state index contributed by atoms with van der Waals surface area (Å²) in [6, 6.07) is 0. The monoisotopic (exact) mass is 634 g/mol. The van der Waals surface area contributed by atoms with Gasteiger partial charge in [0.05, 0.1) is 19.3 Å². The molecular formula is C23H27N10O10P. The van der Waals surface area contributed by atoms with Gasteiger partial charge >= 0.3 is 7.82 Å². The summed E-state index contributed by atoms with van der Waals surface area (Å²) in [6.07, 6.45) is -7.16. The quantitative estimate of drug-likeness (QED) is 0.0808. The van der Waals surface area contributed by atoms with Crippen molar-refractivity contribution < 1.29 is 43.3 Å². The number of fused-ring (bicyclic) bond motifs is 2. The van der Waals surface area contributed by atoms with Crippen molar-refractivity contribution in [2.45, 2.75) is 62.4 Å². The van der Waals surface area contributed by atoms with Gasteiger partial charge in [-0.2, -0.15) is 4.98 Å². The highest BCUT2D eigenvalue weighted by Gasteiger charge is 2.50. The average Bonchev–Trinajstić information content (AvgIpc) is 3.73. The molecule has 0 bridgehead atoms. The van der Waals surface area contributed by atoms with Crippen LogP contribution in [0.25, 0.3) is 22.3 Å². The van der Waals surface area contributed by atoms with E-state index in [-0.39, 0.29) is 40.5 Å². The molecule has 5 unspecified atom stereocenters. The second kappa shape index (κ2) is 11.5. The van der Waals surface area contributed by atoms with Crippen LogP contribution in [0, 0.1) is 11.8 Å². The van der Waals surface area contributed by atoms with Gasteiger partial charge < -0.3 is 41.2 Å². The number of hydrogen-bond acceptors (Lipinski definition) is 16. The summed E-state index contributed by atoms with van der Waals surface area (Å²) < 4.78 is 37.8. The van der Waals surface area contributed by atoms with E-state index in [0.717, 1.165) is 6.33 Å².